The number of fused-ring (bicyclic) bond motifs is 1. The highest BCUT2D eigenvalue weighted by Gasteiger charge is 2.77. The molecule has 2 bridgehead atoms. The predicted octanol–water partition coefficient (Wildman–Crippen LogP) is 5.43. The van der Waals surface area contributed by atoms with E-state index < -0.39 is 66.3 Å². The number of esters is 1. The minimum atomic E-state index is -1.36. The Labute approximate surface area is 309 Å². The number of rotatable bonds is 17. The largest absolute Gasteiger partial charge is 0.455 e. The third kappa shape index (κ3) is 7.43. The second-order valence-corrected chi connectivity index (χ2v) is 15.1. The fraction of sp³-hybridized carbons (Fsp3) is 0.500. The summed E-state index contributed by atoms with van der Waals surface area (Å²) < 4.78 is 13.1. The molecular weight excluding hydrogens is 714 g/mol. The molecule has 3 amide bonds. The van der Waals surface area contributed by atoms with Gasteiger partial charge in [0.1, 0.15) is 17.7 Å². The summed E-state index contributed by atoms with van der Waals surface area (Å²) in [5.74, 6) is -3.71. The van der Waals surface area contributed by atoms with Crippen LogP contribution in [0.3, 0.4) is 0 Å². The Hall–Kier alpha value is -3.80. The van der Waals surface area contributed by atoms with Gasteiger partial charge in [-0.1, -0.05) is 102 Å². The molecule has 2 aromatic rings. The van der Waals surface area contributed by atoms with E-state index in [2.05, 4.69) is 34.4 Å². The lowest BCUT2D eigenvalue weighted by molar-refractivity contribution is -0.162. The summed E-state index contributed by atoms with van der Waals surface area (Å²) in [5, 5.41) is 13.8. The van der Waals surface area contributed by atoms with E-state index in [0.717, 1.165) is 12.8 Å². The number of alkyl halides is 1. The van der Waals surface area contributed by atoms with Crippen molar-refractivity contribution in [3.63, 3.8) is 0 Å². The topological polar surface area (TPSA) is 125 Å². The first-order chi connectivity index (χ1) is 24.5. The fourth-order valence-corrected chi connectivity index (χ4v) is 9.22. The van der Waals surface area contributed by atoms with Gasteiger partial charge in [-0.2, -0.15) is 0 Å². The molecule has 3 aliphatic rings. The number of ether oxygens (including phenoxy) is 2. The van der Waals surface area contributed by atoms with Crippen molar-refractivity contribution in [3.8, 4) is 0 Å². The molecule has 10 atom stereocenters. The van der Waals surface area contributed by atoms with Crippen molar-refractivity contribution in [3.05, 3.63) is 97.1 Å². The zero-order chi connectivity index (χ0) is 36.9. The van der Waals surface area contributed by atoms with Crippen molar-refractivity contribution >= 4 is 39.6 Å². The highest BCUT2D eigenvalue weighted by Crippen LogP contribution is 2.61. The molecule has 2 unspecified atom stereocenters. The Morgan fingerprint density at radius 1 is 1.10 bits per heavy atom. The molecule has 3 heterocycles. The molecule has 274 valence electrons. The van der Waals surface area contributed by atoms with Crippen molar-refractivity contribution in [1.29, 1.82) is 0 Å². The molecule has 3 saturated heterocycles. The highest BCUT2D eigenvalue weighted by molar-refractivity contribution is 9.09. The van der Waals surface area contributed by atoms with Crippen molar-refractivity contribution < 1.29 is 33.8 Å². The van der Waals surface area contributed by atoms with Gasteiger partial charge in [0, 0.05) is 23.8 Å². The maximum Gasteiger partial charge on any atom is 0.313 e. The highest BCUT2D eigenvalue weighted by atomic mass is 79.9. The Kier molecular flexibility index (Phi) is 12.6. The van der Waals surface area contributed by atoms with Crippen molar-refractivity contribution in [2.24, 2.45) is 11.8 Å². The number of nitrogens with zero attached hydrogens (tertiary/aromatic N) is 2. The summed E-state index contributed by atoms with van der Waals surface area (Å²) in [6.07, 6.45) is 4.35. The maximum atomic E-state index is 14.9. The van der Waals surface area contributed by atoms with Gasteiger partial charge < -0.3 is 29.7 Å². The second-order valence-electron chi connectivity index (χ2n) is 13.9. The Bertz CT molecular complexity index is 1570. The number of nitrogens with one attached hydrogen (secondary N) is 1. The summed E-state index contributed by atoms with van der Waals surface area (Å²) in [6, 6.07) is 15.5. The first-order valence-corrected chi connectivity index (χ1v) is 18.8. The van der Waals surface area contributed by atoms with E-state index >= 15 is 0 Å². The van der Waals surface area contributed by atoms with Crippen molar-refractivity contribution in [1.82, 2.24) is 15.1 Å². The summed E-state index contributed by atoms with van der Waals surface area (Å²) in [6.45, 7) is 13.2. The SMILES string of the molecule is C=CCCC(=O)N[C@@H](C)[C@H](OC(=O)[C@H]1[C@@H]2O[C@@]3(CC2Br)[C@@H]1C(=O)N([C@H](CO)c1ccccc1)[C@@H]3C(=O)N(CC=C)C(C)CCC)c1ccccc1. The number of carbonyl (C=O) groups excluding carboxylic acids is 4. The van der Waals surface area contributed by atoms with E-state index in [1.165, 1.54) is 4.90 Å². The summed E-state index contributed by atoms with van der Waals surface area (Å²) in [7, 11) is 0. The Morgan fingerprint density at radius 2 is 1.75 bits per heavy atom. The van der Waals surface area contributed by atoms with E-state index in [4.69, 9.17) is 9.47 Å². The van der Waals surface area contributed by atoms with E-state index in [0.29, 0.717) is 24.0 Å². The normalized spacial score (nSPS) is 27.2. The standard InChI is InChI=1S/C40H50BrN3O7/c1-6-9-21-31(46)42-26(5)34(28-19-14-11-15-20-28)50-39(49)32-33-37(47)44(30(24-45)27-17-12-10-13-18-27)36(40(33)23-29(41)35(32)51-40)38(48)43(22-8-3)25(4)16-7-2/h6,8,10-15,17-20,25-26,29-30,32-36,45H,1,3,7,9,16,21-24H2,2,4-5H3,(H,42,46)/t25?,26-,29?,30+,32+,33-,34-,35+,36+,40-/m0/s1. The molecule has 0 aromatic heterocycles. The average Bonchev–Trinajstić information content (AvgIpc) is 3.72. The molecule has 0 aliphatic carbocycles. The van der Waals surface area contributed by atoms with Gasteiger partial charge in [-0.15, -0.1) is 13.2 Å². The molecular formula is C40H50BrN3O7. The number of benzene rings is 2. The van der Waals surface area contributed by atoms with Crippen molar-refractivity contribution in [2.45, 2.75) is 99.7 Å². The molecule has 2 aromatic carbocycles. The third-order valence-electron chi connectivity index (χ3n) is 10.6. The molecule has 3 aliphatic heterocycles. The molecule has 2 N–H and O–H groups in total. The van der Waals surface area contributed by atoms with Gasteiger partial charge in [0.05, 0.1) is 36.6 Å². The van der Waals surface area contributed by atoms with E-state index in [9.17, 15) is 24.3 Å². The van der Waals surface area contributed by atoms with Gasteiger partial charge >= 0.3 is 5.97 Å². The lowest BCUT2D eigenvalue weighted by Crippen LogP contribution is -2.58. The average molecular weight is 765 g/mol. The van der Waals surface area contributed by atoms with Gasteiger partial charge in [0.15, 0.2) is 0 Å². The van der Waals surface area contributed by atoms with E-state index in [-0.39, 0.29) is 35.6 Å². The number of hydrogen-bond acceptors (Lipinski definition) is 7. The number of aliphatic hydroxyl groups excluding tert-OH is 1. The summed E-state index contributed by atoms with van der Waals surface area (Å²) in [4.78, 5) is 60.0. The van der Waals surface area contributed by atoms with Gasteiger partial charge in [0.25, 0.3) is 0 Å². The van der Waals surface area contributed by atoms with Crippen LogP contribution in [0, 0.1) is 11.8 Å². The van der Waals surface area contributed by atoms with Gasteiger partial charge in [-0.3, -0.25) is 19.2 Å². The van der Waals surface area contributed by atoms with Crippen LogP contribution in [0.15, 0.2) is 86.0 Å². The van der Waals surface area contributed by atoms with Gasteiger partial charge in [-0.25, -0.2) is 0 Å². The molecule has 0 radical (unpaired) electrons. The van der Waals surface area contributed by atoms with Crippen LogP contribution in [0.5, 0.6) is 0 Å². The number of allylic oxidation sites excluding steroid dienone is 1. The van der Waals surface area contributed by atoms with Crippen LogP contribution in [-0.4, -0.2) is 86.4 Å². The number of carbonyl (C=O) groups is 4. The lowest BCUT2D eigenvalue weighted by atomic mass is 9.70. The monoisotopic (exact) mass is 763 g/mol. The summed E-state index contributed by atoms with van der Waals surface area (Å²) >= 11 is 3.75. The minimum absolute atomic E-state index is 0.161. The molecule has 10 nitrogen and oxygen atoms in total. The fourth-order valence-electron chi connectivity index (χ4n) is 8.28. The number of hydrogen-bond donors (Lipinski definition) is 2. The van der Waals surface area contributed by atoms with Gasteiger partial charge in [-0.05, 0) is 44.2 Å². The van der Waals surface area contributed by atoms with E-state index in [1.54, 1.807) is 24.0 Å². The minimum Gasteiger partial charge on any atom is -0.455 e. The van der Waals surface area contributed by atoms with Crippen molar-refractivity contribution in [2.75, 3.05) is 13.2 Å². The van der Waals surface area contributed by atoms with Gasteiger partial charge in [0.2, 0.25) is 17.7 Å². The Morgan fingerprint density at radius 3 is 2.33 bits per heavy atom. The van der Waals surface area contributed by atoms with Crippen LogP contribution in [0.25, 0.3) is 0 Å². The molecule has 1 spiro atoms. The van der Waals surface area contributed by atoms with Crippen LogP contribution >= 0.6 is 15.9 Å². The van der Waals surface area contributed by atoms with E-state index in [1.807, 2.05) is 74.5 Å². The zero-order valence-electron chi connectivity index (χ0n) is 29.7. The number of likely N-dealkylation sites (tertiary alicyclic amines) is 1. The first-order valence-electron chi connectivity index (χ1n) is 17.9. The number of amides is 3. The quantitative estimate of drug-likeness (QED) is 0.125. The molecule has 51 heavy (non-hydrogen) atoms. The Balaban J connectivity index is 1.56. The zero-order valence-corrected chi connectivity index (χ0v) is 31.2. The molecule has 5 rings (SSSR count). The maximum absolute atomic E-state index is 14.9. The summed E-state index contributed by atoms with van der Waals surface area (Å²) in [5.41, 5.74) is -0.0243. The van der Waals surface area contributed by atoms with Crippen LogP contribution in [-0.2, 0) is 28.7 Å². The predicted molar refractivity (Wildman–Crippen MR) is 197 cm³/mol. The van der Waals surface area contributed by atoms with Crippen LogP contribution in [0.4, 0.5) is 0 Å². The molecule has 11 heteroatoms. The smallest absolute Gasteiger partial charge is 0.313 e. The van der Waals surface area contributed by atoms with Crippen LogP contribution < -0.4 is 5.32 Å². The first kappa shape index (κ1) is 38.4. The third-order valence-corrected chi connectivity index (χ3v) is 11.4. The van der Waals surface area contributed by atoms with Crippen LogP contribution in [0.1, 0.15) is 76.1 Å². The number of halogens is 1. The van der Waals surface area contributed by atoms with Crippen LogP contribution in [0.2, 0.25) is 0 Å². The molecule has 3 fully saturated rings. The second kappa shape index (κ2) is 16.7. The lowest BCUT2D eigenvalue weighted by Gasteiger charge is -2.41. The molecule has 0 saturated carbocycles. The number of aliphatic hydroxyl groups is 1.